The molecular weight excluding hydrogens is 222 g/mol. The quantitative estimate of drug-likeness (QED) is 0.768. The van der Waals surface area contributed by atoms with Crippen molar-refractivity contribution in [3.63, 3.8) is 0 Å². The van der Waals surface area contributed by atoms with Gasteiger partial charge in [-0.1, -0.05) is 12.1 Å². The molecule has 0 radical (unpaired) electrons. The van der Waals surface area contributed by atoms with E-state index < -0.39 is 0 Å². The van der Waals surface area contributed by atoms with E-state index in [0.717, 1.165) is 0 Å². The van der Waals surface area contributed by atoms with Crippen molar-refractivity contribution >= 4 is 0 Å². The number of pyridine rings is 2. The molecular formula is C15H19N3. The zero-order chi connectivity index (χ0) is 12.6. The first-order valence-electron chi connectivity index (χ1n) is 6.33. The van der Waals surface area contributed by atoms with Crippen molar-refractivity contribution in [3.05, 3.63) is 60.7 Å². The highest BCUT2D eigenvalue weighted by molar-refractivity contribution is 5.14. The fraction of sp³-hybridized carbons (Fsp3) is 0.333. The summed E-state index contributed by atoms with van der Waals surface area (Å²) in [6, 6.07) is 10.5. The van der Waals surface area contributed by atoms with Crippen LogP contribution in [0.5, 0.6) is 0 Å². The van der Waals surface area contributed by atoms with Crippen molar-refractivity contribution in [3.8, 4) is 0 Å². The summed E-state index contributed by atoms with van der Waals surface area (Å²) in [5.74, 6) is 0. The lowest BCUT2D eigenvalue weighted by molar-refractivity contribution is 0.317. The van der Waals surface area contributed by atoms with Crippen LogP contribution in [-0.4, -0.2) is 28.5 Å². The van der Waals surface area contributed by atoms with Crippen molar-refractivity contribution in [1.29, 1.82) is 0 Å². The van der Waals surface area contributed by atoms with Crippen molar-refractivity contribution < 1.29 is 0 Å². The second-order valence-corrected chi connectivity index (χ2v) is 4.45. The number of aromatic nitrogens is 2. The molecule has 0 bridgehead atoms. The van der Waals surface area contributed by atoms with E-state index >= 15 is 0 Å². The molecule has 1 atom stereocenters. The molecule has 3 heteroatoms. The van der Waals surface area contributed by atoms with E-state index in [4.69, 9.17) is 0 Å². The minimum Gasteiger partial charge on any atom is -0.299 e. The summed E-state index contributed by atoms with van der Waals surface area (Å²) >= 11 is 0. The Bertz CT molecular complexity index is 403. The van der Waals surface area contributed by atoms with Gasteiger partial charge in [-0.3, -0.25) is 14.9 Å². The molecule has 1 fully saturated rings. The third kappa shape index (κ3) is 3.64. The molecule has 1 aliphatic heterocycles. The summed E-state index contributed by atoms with van der Waals surface area (Å²) in [4.78, 5) is 10.3. The van der Waals surface area contributed by atoms with Gasteiger partial charge in [0.25, 0.3) is 0 Å². The summed E-state index contributed by atoms with van der Waals surface area (Å²) < 4.78 is 0. The minimum atomic E-state index is 0.610. The number of nitrogens with zero attached hydrogens (tertiary/aromatic N) is 3. The molecule has 0 aromatic carbocycles. The van der Waals surface area contributed by atoms with Crippen LogP contribution < -0.4 is 0 Å². The average molecular weight is 241 g/mol. The second-order valence-electron chi connectivity index (χ2n) is 4.45. The molecule has 3 heterocycles. The molecule has 2 aromatic heterocycles. The predicted molar refractivity (Wildman–Crippen MR) is 73.1 cm³/mol. The molecule has 18 heavy (non-hydrogen) atoms. The zero-order valence-corrected chi connectivity index (χ0v) is 10.7. The van der Waals surface area contributed by atoms with Crippen molar-refractivity contribution in [2.75, 3.05) is 13.6 Å². The van der Waals surface area contributed by atoms with Crippen LogP contribution in [0.3, 0.4) is 0 Å². The molecule has 3 nitrogen and oxygen atoms in total. The first kappa shape index (κ1) is 12.7. The number of likely N-dealkylation sites (tertiary alicyclic amines) is 1. The van der Waals surface area contributed by atoms with Gasteiger partial charge >= 0.3 is 0 Å². The van der Waals surface area contributed by atoms with Gasteiger partial charge in [-0.15, -0.1) is 0 Å². The molecule has 0 N–H and O–H groups in total. The zero-order valence-electron chi connectivity index (χ0n) is 10.7. The summed E-state index contributed by atoms with van der Waals surface area (Å²) in [6.45, 7) is 1.22. The second kappa shape index (κ2) is 6.87. The first-order chi connectivity index (χ1) is 8.88. The van der Waals surface area contributed by atoms with E-state index in [1.807, 2.05) is 36.7 Å². The van der Waals surface area contributed by atoms with Crippen molar-refractivity contribution in [2.24, 2.45) is 0 Å². The molecule has 0 saturated carbocycles. The molecule has 0 spiro atoms. The fourth-order valence-electron chi connectivity index (χ4n) is 2.22. The van der Waals surface area contributed by atoms with Crippen LogP contribution in [0, 0.1) is 0 Å². The highest BCUT2D eigenvalue weighted by Crippen LogP contribution is 2.29. The maximum Gasteiger partial charge on any atom is 0.0360 e. The van der Waals surface area contributed by atoms with Gasteiger partial charge in [-0.05, 0) is 50.2 Å². The van der Waals surface area contributed by atoms with E-state index in [0.29, 0.717) is 6.04 Å². The number of rotatable bonds is 1. The largest absolute Gasteiger partial charge is 0.299 e. The lowest BCUT2D eigenvalue weighted by Gasteiger charge is -2.18. The van der Waals surface area contributed by atoms with E-state index in [9.17, 15) is 0 Å². The maximum absolute atomic E-state index is 4.14. The van der Waals surface area contributed by atoms with Crippen LogP contribution >= 0.6 is 0 Å². The van der Waals surface area contributed by atoms with Crippen LogP contribution in [-0.2, 0) is 0 Å². The van der Waals surface area contributed by atoms with Crippen LogP contribution in [0.25, 0.3) is 0 Å². The van der Waals surface area contributed by atoms with E-state index in [1.54, 1.807) is 12.4 Å². The Morgan fingerprint density at radius 1 is 1.06 bits per heavy atom. The summed E-state index contributed by atoms with van der Waals surface area (Å²) in [5, 5.41) is 0. The van der Waals surface area contributed by atoms with Crippen molar-refractivity contribution in [1.82, 2.24) is 14.9 Å². The first-order valence-corrected chi connectivity index (χ1v) is 6.33. The monoisotopic (exact) mass is 241 g/mol. The molecule has 1 aliphatic rings. The minimum absolute atomic E-state index is 0.610. The maximum atomic E-state index is 4.14. The Kier molecular flexibility index (Phi) is 4.85. The fourth-order valence-corrected chi connectivity index (χ4v) is 2.22. The van der Waals surface area contributed by atoms with Gasteiger partial charge in [0.1, 0.15) is 0 Å². The van der Waals surface area contributed by atoms with Crippen LogP contribution in [0.2, 0.25) is 0 Å². The topological polar surface area (TPSA) is 29.0 Å². The predicted octanol–water partition coefficient (Wildman–Crippen LogP) is 2.93. The van der Waals surface area contributed by atoms with Gasteiger partial charge in [0, 0.05) is 30.8 Å². The molecule has 2 aromatic rings. The van der Waals surface area contributed by atoms with Gasteiger partial charge < -0.3 is 0 Å². The number of hydrogen-bond acceptors (Lipinski definition) is 3. The summed E-state index contributed by atoms with van der Waals surface area (Å²) in [5.41, 5.74) is 1.36. The highest BCUT2D eigenvalue weighted by atomic mass is 15.1. The van der Waals surface area contributed by atoms with Crippen molar-refractivity contribution in [2.45, 2.75) is 18.9 Å². The molecule has 1 saturated heterocycles. The molecule has 0 unspecified atom stereocenters. The van der Waals surface area contributed by atoms with Crippen LogP contribution in [0.1, 0.15) is 24.4 Å². The van der Waals surface area contributed by atoms with Gasteiger partial charge in [-0.25, -0.2) is 0 Å². The Morgan fingerprint density at radius 3 is 2.28 bits per heavy atom. The molecule has 0 amide bonds. The summed E-state index contributed by atoms with van der Waals surface area (Å²) in [6.07, 6.45) is 9.91. The lowest BCUT2D eigenvalue weighted by atomic mass is 10.1. The van der Waals surface area contributed by atoms with E-state index in [2.05, 4.69) is 28.0 Å². The highest BCUT2D eigenvalue weighted by Gasteiger charge is 2.21. The smallest absolute Gasteiger partial charge is 0.0360 e. The van der Waals surface area contributed by atoms with Gasteiger partial charge in [0.2, 0.25) is 0 Å². The SMILES string of the molecule is CN1CCC[C@H]1c1cccnc1.c1ccncc1. The third-order valence-electron chi connectivity index (χ3n) is 3.16. The van der Waals surface area contributed by atoms with E-state index in [1.165, 1.54) is 24.9 Å². The van der Waals surface area contributed by atoms with Gasteiger partial charge in [-0.2, -0.15) is 0 Å². The molecule has 0 aliphatic carbocycles. The van der Waals surface area contributed by atoms with E-state index in [-0.39, 0.29) is 0 Å². The third-order valence-corrected chi connectivity index (χ3v) is 3.16. The standard InChI is InChI=1S/C10H14N2.C5H5N/c1-12-7-3-5-10(12)9-4-2-6-11-8-9;1-2-4-6-5-3-1/h2,4,6,8,10H,3,5,7H2,1H3;1-5H/t10-;/m0./s1. The molecule has 94 valence electrons. The van der Waals surface area contributed by atoms with Gasteiger partial charge in [0.05, 0.1) is 0 Å². The summed E-state index contributed by atoms with van der Waals surface area (Å²) in [7, 11) is 2.19. The van der Waals surface area contributed by atoms with Crippen LogP contribution in [0.4, 0.5) is 0 Å². The van der Waals surface area contributed by atoms with Gasteiger partial charge in [0.15, 0.2) is 0 Å². The average Bonchev–Trinajstić information content (AvgIpc) is 2.89. The Morgan fingerprint density at radius 2 is 1.83 bits per heavy atom. The molecule has 3 rings (SSSR count). The normalized spacial score (nSPS) is 19.1. The Balaban J connectivity index is 0.000000169. The number of hydrogen-bond donors (Lipinski definition) is 0. The lowest BCUT2D eigenvalue weighted by Crippen LogP contribution is -2.17. The van der Waals surface area contributed by atoms with Crippen LogP contribution in [0.15, 0.2) is 55.1 Å². The Labute approximate surface area is 109 Å². The Hall–Kier alpha value is -1.74.